The quantitative estimate of drug-likeness (QED) is 0.220. The summed E-state index contributed by atoms with van der Waals surface area (Å²) in [5.41, 5.74) is 11.6. The number of furan rings is 1. The molecule has 194 valence electrons. The first-order valence-corrected chi connectivity index (χ1v) is 14.1. The molecule has 0 spiro atoms. The lowest BCUT2D eigenvalue weighted by molar-refractivity contribution is 0.669. The van der Waals surface area contributed by atoms with E-state index in [1.807, 2.05) is 0 Å². The molecule has 9 aromatic rings. The largest absolute Gasteiger partial charge is 0.456 e. The Labute approximate surface area is 236 Å². The Kier molecular flexibility index (Phi) is 4.46. The highest BCUT2D eigenvalue weighted by Crippen LogP contribution is 2.41. The van der Waals surface area contributed by atoms with Gasteiger partial charge in [-0.15, -0.1) is 0 Å². The third-order valence-corrected chi connectivity index (χ3v) is 8.97. The molecule has 0 amide bonds. The summed E-state index contributed by atoms with van der Waals surface area (Å²) < 4.78 is 10.9. The minimum absolute atomic E-state index is 0.911. The molecule has 41 heavy (non-hydrogen) atoms. The number of hydrogen-bond acceptors (Lipinski definition) is 1. The van der Waals surface area contributed by atoms with Crippen molar-refractivity contribution in [3.05, 3.63) is 121 Å². The highest BCUT2D eigenvalue weighted by atomic mass is 16.3. The van der Waals surface area contributed by atoms with E-state index >= 15 is 0 Å². The summed E-state index contributed by atoms with van der Waals surface area (Å²) >= 11 is 0. The van der Waals surface area contributed by atoms with E-state index in [2.05, 4.69) is 145 Å². The van der Waals surface area contributed by atoms with E-state index < -0.39 is 0 Å². The van der Waals surface area contributed by atoms with Gasteiger partial charge in [-0.2, -0.15) is 0 Å². The molecule has 0 radical (unpaired) electrons. The van der Waals surface area contributed by atoms with Crippen LogP contribution in [0.5, 0.6) is 0 Å². The average molecular weight is 527 g/mol. The molecular weight excluding hydrogens is 500 g/mol. The maximum Gasteiger partial charge on any atom is 0.136 e. The molecule has 9 rings (SSSR count). The van der Waals surface area contributed by atoms with Gasteiger partial charge >= 0.3 is 0 Å². The van der Waals surface area contributed by atoms with Gasteiger partial charge in [0.1, 0.15) is 11.2 Å². The normalized spacial score (nSPS) is 12.1. The SMILES string of the molecule is Cn1c2ccccc2c2cc(-c3ccc4oc5cccc(-c6ccc7c(c6)c6ccccc6n7C)c5c4c3)ccc21. The fourth-order valence-corrected chi connectivity index (χ4v) is 6.93. The van der Waals surface area contributed by atoms with Crippen LogP contribution in [0.25, 0.3) is 87.8 Å². The molecule has 0 N–H and O–H groups in total. The van der Waals surface area contributed by atoms with Gasteiger partial charge in [-0.1, -0.05) is 66.7 Å². The highest BCUT2D eigenvalue weighted by molar-refractivity contribution is 6.16. The van der Waals surface area contributed by atoms with Crippen molar-refractivity contribution in [1.29, 1.82) is 0 Å². The second kappa shape index (κ2) is 8.12. The average Bonchev–Trinajstić information content (AvgIpc) is 3.64. The van der Waals surface area contributed by atoms with E-state index in [9.17, 15) is 0 Å². The molecule has 0 aliphatic heterocycles. The van der Waals surface area contributed by atoms with Crippen molar-refractivity contribution in [2.75, 3.05) is 0 Å². The van der Waals surface area contributed by atoms with Crippen molar-refractivity contribution in [2.45, 2.75) is 0 Å². The lowest BCUT2D eigenvalue weighted by Crippen LogP contribution is -1.86. The van der Waals surface area contributed by atoms with Crippen molar-refractivity contribution < 1.29 is 4.42 Å². The molecule has 3 nitrogen and oxygen atoms in total. The van der Waals surface area contributed by atoms with Crippen LogP contribution in [0.15, 0.2) is 126 Å². The molecule has 0 atom stereocenters. The summed E-state index contributed by atoms with van der Waals surface area (Å²) in [7, 11) is 4.29. The van der Waals surface area contributed by atoms with Crippen molar-refractivity contribution in [1.82, 2.24) is 9.13 Å². The summed E-state index contributed by atoms with van der Waals surface area (Å²) in [6, 6.07) is 43.9. The number of aromatic nitrogens is 2. The van der Waals surface area contributed by atoms with E-state index in [-0.39, 0.29) is 0 Å². The van der Waals surface area contributed by atoms with Gasteiger partial charge in [-0.05, 0) is 76.9 Å². The maximum atomic E-state index is 6.39. The Morgan fingerprint density at radius 3 is 1.63 bits per heavy atom. The Balaban J connectivity index is 1.26. The Morgan fingerprint density at radius 2 is 0.951 bits per heavy atom. The molecule has 0 saturated heterocycles. The molecule has 0 unspecified atom stereocenters. The molecule has 0 aliphatic rings. The summed E-state index contributed by atoms with van der Waals surface area (Å²) in [6.07, 6.45) is 0. The summed E-state index contributed by atoms with van der Waals surface area (Å²) in [5, 5.41) is 7.42. The van der Waals surface area contributed by atoms with Gasteiger partial charge in [0.05, 0.1) is 0 Å². The van der Waals surface area contributed by atoms with Crippen LogP contribution in [-0.4, -0.2) is 9.13 Å². The molecule has 0 aliphatic carbocycles. The van der Waals surface area contributed by atoms with Crippen LogP contribution >= 0.6 is 0 Å². The van der Waals surface area contributed by atoms with Crippen molar-refractivity contribution in [3.63, 3.8) is 0 Å². The maximum absolute atomic E-state index is 6.39. The fourth-order valence-electron chi connectivity index (χ4n) is 6.93. The summed E-state index contributed by atoms with van der Waals surface area (Å²) in [6.45, 7) is 0. The van der Waals surface area contributed by atoms with E-state index in [0.717, 1.165) is 21.9 Å². The van der Waals surface area contributed by atoms with Gasteiger partial charge in [0.25, 0.3) is 0 Å². The van der Waals surface area contributed by atoms with Crippen LogP contribution in [0.4, 0.5) is 0 Å². The van der Waals surface area contributed by atoms with Crippen LogP contribution in [-0.2, 0) is 14.1 Å². The van der Waals surface area contributed by atoms with Gasteiger partial charge < -0.3 is 13.6 Å². The Morgan fingerprint density at radius 1 is 0.415 bits per heavy atom. The standard InChI is InChI=1S/C38H26N2O/c1-39-32-11-5-3-8-27(32)29-20-23(14-17-34(29)39)24-16-19-36-31(21-24)38-26(10-7-13-37(38)41-36)25-15-18-35-30(22-25)28-9-4-6-12-33(28)40(35)2/h3-22H,1-2H3. The predicted molar refractivity (Wildman–Crippen MR) is 173 cm³/mol. The van der Waals surface area contributed by atoms with Crippen LogP contribution in [0.3, 0.4) is 0 Å². The molecule has 3 heteroatoms. The minimum Gasteiger partial charge on any atom is -0.456 e. The number of fused-ring (bicyclic) bond motifs is 9. The van der Waals surface area contributed by atoms with Gasteiger partial charge in [0.15, 0.2) is 0 Å². The van der Waals surface area contributed by atoms with Crippen LogP contribution in [0, 0.1) is 0 Å². The topological polar surface area (TPSA) is 23.0 Å². The summed E-state index contributed by atoms with van der Waals surface area (Å²) in [5.74, 6) is 0. The molecule has 0 fully saturated rings. The van der Waals surface area contributed by atoms with Crippen LogP contribution < -0.4 is 0 Å². The molecule has 3 heterocycles. The zero-order valence-corrected chi connectivity index (χ0v) is 22.8. The number of benzene rings is 6. The molecule has 6 aromatic carbocycles. The number of hydrogen-bond donors (Lipinski definition) is 0. The Bertz CT molecular complexity index is 2500. The van der Waals surface area contributed by atoms with Crippen molar-refractivity contribution >= 4 is 65.6 Å². The second-order valence-electron chi connectivity index (χ2n) is 11.1. The number of para-hydroxylation sites is 2. The zero-order valence-electron chi connectivity index (χ0n) is 22.8. The smallest absolute Gasteiger partial charge is 0.136 e. The number of aryl methyl sites for hydroxylation is 2. The van der Waals surface area contributed by atoms with E-state index in [1.54, 1.807) is 0 Å². The van der Waals surface area contributed by atoms with Gasteiger partial charge in [-0.25, -0.2) is 0 Å². The number of rotatable bonds is 2. The molecule has 0 saturated carbocycles. The molecular formula is C38H26N2O. The third-order valence-electron chi connectivity index (χ3n) is 8.97. The van der Waals surface area contributed by atoms with Gasteiger partial charge in [-0.3, -0.25) is 0 Å². The zero-order chi connectivity index (χ0) is 27.2. The van der Waals surface area contributed by atoms with Crippen molar-refractivity contribution in [3.8, 4) is 22.3 Å². The van der Waals surface area contributed by atoms with E-state index in [0.29, 0.717) is 0 Å². The first-order valence-electron chi connectivity index (χ1n) is 14.1. The van der Waals surface area contributed by atoms with Gasteiger partial charge in [0, 0.05) is 68.5 Å². The third kappa shape index (κ3) is 3.09. The molecule has 3 aromatic heterocycles. The first-order chi connectivity index (χ1) is 20.2. The Hall–Kier alpha value is -5.28. The second-order valence-corrected chi connectivity index (χ2v) is 11.1. The molecule has 0 bridgehead atoms. The fraction of sp³-hybridized carbons (Fsp3) is 0.0526. The highest BCUT2D eigenvalue weighted by Gasteiger charge is 2.16. The summed E-state index contributed by atoms with van der Waals surface area (Å²) in [4.78, 5) is 0. The lowest BCUT2D eigenvalue weighted by atomic mass is 9.96. The van der Waals surface area contributed by atoms with Gasteiger partial charge in [0.2, 0.25) is 0 Å². The van der Waals surface area contributed by atoms with Crippen molar-refractivity contribution in [2.24, 2.45) is 14.1 Å². The predicted octanol–water partition coefficient (Wildman–Crippen LogP) is 10.2. The van der Waals surface area contributed by atoms with Crippen LogP contribution in [0.2, 0.25) is 0 Å². The van der Waals surface area contributed by atoms with E-state index in [4.69, 9.17) is 4.42 Å². The monoisotopic (exact) mass is 526 g/mol. The minimum atomic E-state index is 0.911. The lowest BCUT2D eigenvalue weighted by Gasteiger charge is -2.07. The van der Waals surface area contributed by atoms with Crippen LogP contribution in [0.1, 0.15) is 0 Å². The first kappa shape index (κ1) is 22.5. The van der Waals surface area contributed by atoms with E-state index in [1.165, 1.54) is 65.9 Å². The number of nitrogens with zero attached hydrogens (tertiary/aromatic N) is 2.